The van der Waals surface area contributed by atoms with Gasteiger partial charge in [0.25, 0.3) is 0 Å². The van der Waals surface area contributed by atoms with Gasteiger partial charge in [0.2, 0.25) is 0 Å². The minimum Gasteiger partial charge on any atom is -0.368 e. The molecule has 0 atom stereocenters. The van der Waals surface area contributed by atoms with Crippen LogP contribution < -0.4 is 0 Å². The number of hydrogen-bond acceptors (Lipinski definition) is 8. The van der Waals surface area contributed by atoms with Crippen LogP contribution in [0.2, 0.25) is 0 Å². The van der Waals surface area contributed by atoms with Crippen molar-refractivity contribution in [3.05, 3.63) is 0 Å². The predicted octanol–water partition coefficient (Wildman–Crippen LogP) is -2.74. The molecule has 12 N–H and O–H groups in total. The number of rotatable bonds is 3. The van der Waals surface area contributed by atoms with E-state index in [1.807, 2.05) is 0 Å². The molecule has 0 heterocycles. The summed E-state index contributed by atoms with van der Waals surface area (Å²) in [7, 11) is -9.28. The highest BCUT2D eigenvalue weighted by atomic mass is 31.2. The van der Waals surface area contributed by atoms with Crippen LogP contribution in [0.25, 0.3) is 0 Å². The highest BCUT2D eigenvalue weighted by Crippen LogP contribution is 2.26. The van der Waals surface area contributed by atoms with Gasteiger partial charge in [0.1, 0.15) is 0 Å². The lowest BCUT2D eigenvalue weighted by molar-refractivity contribution is -0.0420. The molecule has 0 fully saturated rings. The third kappa shape index (κ3) is 324. The first-order valence-corrected chi connectivity index (χ1v) is 9.59. The zero-order valence-electron chi connectivity index (χ0n) is 13.9. The van der Waals surface area contributed by atoms with Gasteiger partial charge < -0.3 is 60.0 Å². The lowest BCUT2D eigenvalue weighted by Crippen LogP contribution is -1.99. The summed E-state index contributed by atoms with van der Waals surface area (Å²) < 4.78 is 17.8. The molecule has 0 rings (SSSR count). The van der Waals surface area contributed by atoms with Crippen LogP contribution in [0.5, 0.6) is 0 Å². The van der Waals surface area contributed by atoms with Crippen molar-refractivity contribution in [2.75, 3.05) is 0 Å². The van der Waals surface area contributed by atoms with Crippen molar-refractivity contribution in [2.24, 2.45) is 0 Å². The van der Waals surface area contributed by atoms with Gasteiger partial charge in [-0.1, -0.05) is 20.8 Å². The fraction of sp³-hybridized carbons (Fsp3) is 1.00. The molecule has 0 aromatic carbocycles. The number of aliphatic hydroxyl groups is 6. The first-order valence-electron chi connectivity index (χ1n) is 6.46. The molecular weight excluding hydrogens is 394 g/mol. The molecule has 160 valence electrons. The van der Waals surface area contributed by atoms with Crippen molar-refractivity contribution in [1.82, 2.24) is 0 Å². The van der Waals surface area contributed by atoms with Gasteiger partial charge in [-0.2, -0.15) is 0 Å². The van der Waals surface area contributed by atoms with Crippen molar-refractivity contribution < 1.29 is 69.1 Å². The van der Waals surface area contributed by atoms with Gasteiger partial charge >= 0.3 is 15.6 Å². The summed E-state index contributed by atoms with van der Waals surface area (Å²) >= 11 is 0. The summed E-state index contributed by atoms with van der Waals surface area (Å²) in [5, 5.41) is 47.5. The molecule has 0 aromatic rings. The Morgan fingerprint density at radius 3 is 0.560 bits per heavy atom. The standard InChI is InChI=1S/3C3H8O2.2H3O4P/c3*1-2-3(4)5;2*1-5(2,3)4/h3*3-5H,2H2,1H3;2*(H3,1,2,3,4). The summed E-state index contributed by atoms with van der Waals surface area (Å²) in [5.41, 5.74) is 0. The molecule has 0 unspecified atom stereocenters. The zero-order valence-corrected chi connectivity index (χ0v) is 15.7. The molecule has 0 radical (unpaired) electrons. The van der Waals surface area contributed by atoms with E-state index in [2.05, 4.69) is 0 Å². The molecule has 16 heteroatoms. The fourth-order valence-corrected chi connectivity index (χ4v) is 0. The zero-order chi connectivity index (χ0) is 21.9. The van der Waals surface area contributed by atoms with Crippen LogP contribution in [0.4, 0.5) is 0 Å². The van der Waals surface area contributed by atoms with Crippen LogP contribution in [0, 0.1) is 0 Å². The summed E-state index contributed by atoms with van der Waals surface area (Å²) in [6.07, 6.45) is -2.10. The third-order valence-corrected chi connectivity index (χ3v) is 1.10. The maximum absolute atomic E-state index is 8.88. The maximum atomic E-state index is 8.88. The summed E-state index contributed by atoms with van der Waals surface area (Å²) in [5.74, 6) is 0. The van der Waals surface area contributed by atoms with E-state index in [0.717, 1.165) is 0 Å². The van der Waals surface area contributed by atoms with E-state index in [4.69, 9.17) is 69.1 Å². The predicted molar refractivity (Wildman–Crippen MR) is 84.1 cm³/mol. The summed E-state index contributed by atoms with van der Waals surface area (Å²) in [4.78, 5) is 43.1. The lowest BCUT2D eigenvalue weighted by Gasteiger charge is -1.90. The molecular formula is C9H30O14P2. The second-order valence-electron chi connectivity index (χ2n) is 3.69. The molecule has 25 heavy (non-hydrogen) atoms. The molecule has 0 bridgehead atoms. The number of phosphoric acid groups is 2. The van der Waals surface area contributed by atoms with E-state index >= 15 is 0 Å². The molecule has 0 spiro atoms. The molecule has 0 amide bonds. The van der Waals surface area contributed by atoms with Gasteiger partial charge in [0.15, 0.2) is 18.9 Å². The van der Waals surface area contributed by atoms with Gasteiger partial charge in [-0.15, -0.1) is 0 Å². The Balaban J connectivity index is -0.0000000667. The van der Waals surface area contributed by atoms with Crippen molar-refractivity contribution in [1.29, 1.82) is 0 Å². The normalized spacial score (nSPS) is 10.5. The number of hydrogen-bond donors (Lipinski definition) is 12. The van der Waals surface area contributed by atoms with Crippen LogP contribution in [0.1, 0.15) is 40.0 Å². The van der Waals surface area contributed by atoms with E-state index in [-0.39, 0.29) is 0 Å². The molecule has 0 aromatic heterocycles. The van der Waals surface area contributed by atoms with Crippen LogP contribution in [0.3, 0.4) is 0 Å². The average Bonchev–Trinajstić information content (AvgIpc) is 2.36. The van der Waals surface area contributed by atoms with Crippen molar-refractivity contribution in [3.63, 3.8) is 0 Å². The van der Waals surface area contributed by atoms with Crippen LogP contribution >= 0.6 is 15.6 Å². The Labute approximate surface area is 144 Å². The van der Waals surface area contributed by atoms with Gasteiger partial charge in [-0.05, 0) is 19.3 Å². The highest BCUT2D eigenvalue weighted by molar-refractivity contribution is 7.45. The quantitative estimate of drug-likeness (QED) is 0.162. The lowest BCUT2D eigenvalue weighted by atomic mass is 10.5. The van der Waals surface area contributed by atoms with E-state index in [1.165, 1.54) is 0 Å². The Morgan fingerprint density at radius 1 is 0.520 bits per heavy atom. The minimum atomic E-state index is -4.64. The van der Waals surface area contributed by atoms with Gasteiger partial charge in [0.05, 0.1) is 0 Å². The molecule has 0 aliphatic heterocycles. The molecule has 0 saturated heterocycles. The van der Waals surface area contributed by atoms with Crippen molar-refractivity contribution in [2.45, 2.75) is 58.9 Å². The Bertz CT molecular complexity index is 267. The van der Waals surface area contributed by atoms with Crippen LogP contribution in [0.15, 0.2) is 0 Å². The maximum Gasteiger partial charge on any atom is 0.466 e. The molecule has 0 aliphatic carbocycles. The van der Waals surface area contributed by atoms with Crippen LogP contribution in [-0.2, 0) is 9.13 Å². The smallest absolute Gasteiger partial charge is 0.368 e. The monoisotopic (exact) mass is 424 g/mol. The Kier molecular flexibility index (Phi) is 31.7. The first-order chi connectivity index (χ1) is 10.8. The average molecular weight is 424 g/mol. The highest BCUT2D eigenvalue weighted by Gasteiger charge is 2.00. The van der Waals surface area contributed by atoms with Crippen molar-refractivity contribution in [3.8, 4) is 0 Å². The van der Waals surface area contributed by atoms with E-state index in [0.29, 0.717) is 19.3 Å². The SMILES string of the molecule is CCC(O)O.CCC(O)O.CCC(O)O.O=P(O)(O)O.O=P(O)(O)O. The minimum absolute atomic E-state index is 0.417. The second kappa shape index (κ2) is 22.0. The van der Waals surface area contributed by atoms with Gasteiger partial charge in [-0.3, -0.25) is 0 Å². The van der Waals surface area contributed by atoms with Crippen LogP contribution in [-0.4, -0.2) is 78.9 Å². The molecule has 14 nitrogen and oxygen atoms in total. The van der Waals surface area contributed by atoms with Crippen molar-refractivity contribution >= 4 is 15.6 Å². The van der Waals surface area contributed by atoms with E-state index in [1.54, 1.807) is 20.8 Å². The topological polar surface area (TPSA) is 277 Å². The second-order valence-corrected chi connectivity index (χ2v) is 5.75. The molecule has 0 aliphatic rings. The summed E-state index contributed by atoms with van der Waals surface area (Å²) in [6.45, 7) is 5.10. The summed E-state index contributed by atoms with van der Waals surface area (Å²) in [6, 6.07) is 0. The van der Waals surface area contributed by atoms with Gasteiger partial charge in [-0.25, -0.2) is 9.13 Å². The first kappa shape index (κ1) is 36.0. The Hall–Kier alpha value is -0.0200. The van der Waals surface area contributed by atoms with Gasteiger partial charge in [0, 0.05) is 0 Å². The molecule has 0 saturated carbocycles. The third-order valence-electron chi connectivity index (χ3n) is 1.10. The Morgan fingerprint density at radius 2 is 0.560 bits per heavy atom. The largest absolute Gasteiger partial charge is 0.466 e. The fourth-order valence-electron chi connectivity index (χ4n) is 0. The number of aliphatic hydroxyl groups excluding tert-OH is 3. The van der Waals surface area contributed by atoms with E-state index < -0.39 is 34.5 Å². The van der Waals surface area contributed by atoms with E-state index in [9.17, 15) is 0 Å².